The Hall–Kier alpha value is -0.620. The summed E-state index contributed by atoms with van der Waals surface area (Å²) in [5, 5.41) is 2.74. The second kappa shape index (κ2) is 4.09. The van der Waals surface area contributed by atoms with Gasteiger partial charge in [0.2, 0.25) is 5.91 Å². The van der Waals surface area contributed by atoms with E-state index in [1.165, 1.54) is 0 Å². The molecular formula is C9H15NO4S. The van der Waals surface area contributed by atoms with Gasteiger partial charge in [0.1, 0.15) is 16.4 Å². The van der Waals surface area contributed by atoms with E-state index in [4.69, 9.17) is 4.74 Å². The quantitative estimate of drug-likeness (QED) is 0.651. The molecule has 2 aliphatic rings. The average Bonchev–Trinajstić information content (AvgIpc) is 2.20. The number of morpholine rings is 1. The third kappa shape index (κ3) is 2.69. The molecule has 0 aromatic heterocycles. The van der Waals surface area contributed by atoms with E-state index in [0.717, 1.165) is 0 Å². The Morgan fingerprint density at radius 2 is 1.93 bits per heavy atom. The first-order chi connectivity index (χ1) is 7.07. The van der Waals surface area contributed by atoms with E-state index in [1.54, 1.807) is 0 Å². The highest BCUT2D eigenvalue weighted by atomic mass is 32.2. The van der Waals surface area contributed by atoms with Gasteiger partial charge >= 0.3 is 0 Å². The molecule has 2 saturated heterocycles. The van der Waals surface area contributed by atoms with E-state index >= 15 is 0 Å². The maximum Gasteiger partial charge on any atom is 0.246 e. The standard InChI is InChI=1S/C9H15NO4S/c11-9-6-14-8(5-10-9)7-1-3-15(12,13)4-2-7/h7-8H,1-6H2,(H,10,11). The van der Waals surface area contributed by atoms with E-state index < -0.39 is 9.84 Å². The molecule has 1 amide bonds. The summed E-state index contributed by atoms with van der Waals surface area (Å²) < 4.78 is 27.8. The molecule has 2 rings (SSSR count). The number of carbonyl (C=O) groups excluding carboxylic acids is 1. The molecule has 6 heteroatoms. The van der Waals surface area contributed by atoms with Crippen molar-refractivity contribution in [3.05, 3.63) is 0 Å². The van der Waals surface area contributed by atoms with Crippen molar-refractivity contribution >= 4 is 15.7 Å². The predicted molar refractivity (Wildman–Crippen MR) is 54.1 cm³/mol. The smallest absolute Gasteiger partial charge is 0.246 e. The van der Waals surface area contributed by atoms with Gasteiger partial charge in [-0.2, -0.15) is 0 Å². The predicted octanol–water partition coefficient (Wildman–Crippen LogP) is -0.674. The van der Waals surface area contributed by atoms with E-state index in [0.29, 0.717) is 19.4 Å². The number of hydrogen-bond acceptors (Lipinski definition) is 4. The molecule has 0 aromatic rings. The van der Waals surface area contributed by atoms with Crippen LogP contribution in [0.1, 0.15) is 12.8 Å². The van der Waals surface area contributed by atoms with Crippen LogP contribution in [-0.2, 0) is 19.4 Å². The number of sulfone groups is 1. The van der Waals surface area contributed by atoms with Crippen LogP contribution in [0.3, 0.4) is 0 Å². The van der Waals surface area contributed by atoms with Gasteiger partial charge in [0.25, 0.3) is 0 Å². The molecule has 86 valence electrons. The molecule has 2 heterocycles. The lowest BCUT2D eigenvalue weighted by Gasteiger charge is -2.32. The molecule has 5 nitrogen and oxygen atoms in total. The second-order valence-corrected chi connectivity index (χ2v) is 6.45. The molecule has 0 aromatic carbocycles. The van der Waals surface area contributed by atoms with Gasteiger partial charge in [-0.3, -0.25) is 4.79 Å². The average molecular weight is 233 g/mol. The summed E-state index contributed by atoms with van der Waals surface area (Å²) in [6.45, 7) is 0.622. The van der Waals surface area contributed by atoms with Crippen LogP contribution in [0.5, 0.6) is 0 Å². The Bertz CT molecular complexity index is 327. The zero-order valence-electron chi connectivity index (χ0n) is 8.44. The lowest BCUT2D eigenvalue weighted by atomic mass is 9.95. The summed E-state index contributed by atoms with van der Waals surface area (Å²) in [7, 11) is -2.81. The molecule has 15 heavy (non-hydrogen) atoms. The largest absolute Gasteiger partial charge is 0.366 e. The van der Waals surface area contributed by atoms with Gasteiger partial charge in [0.05, 0.1) is 17.6 Å². The van der Waals surface area contributed by atoms with Crippen molar-refractivity contribution in [2.45, 2.75) is 18.9 Å². The summed E-state index contributed by atoms with van der Waals surface area (Å²) in [6, 6.07) is 0. The summed E-state index contributed by atoms with van der Waals surface area (Å²) in [6.07, 6.45) is 1.31. The molecule has 0 saturated carbocycles. The Morgan fingerprint density at radius 1 is 1.27 bits per heavy atom. The van der Waals surface area contributed by atoms with Crippen molar-refractivity contribution < 1.29 is 17.9 Å². The molecule has 1 unspecified atom stereocenters. The van der Waals surface area contributed by atoms with Crippen LogP contribution in [0.25, 0.3) is 0 Å². The SMILES string of the molecule is O=C1COC(C2CCS(=O)(=O)CC2)CN1. The zero-order valence-corrected chi connectivity index (χ0v) is 9.26. The lowest BCUT2D eigenvalue weighted by Crippen LogP contribution is -2.47. The first kappa shape index (κ1) is 10.9. The second-order valence-electron chi connectivity index (χ2n) is 4.14. The fraction of sp³-hybridized carbons (Fsp3) is 0.889. The zero-order chi connectivity index (χ0) is 10.9. The highest BCUT2D eigenvalue weighted by Gasteiger charge is 2.32. The number of amides is 1. The summed E-state index contributed by atoms with van der Waals surface area (Å²) in [5.74, 6) is 0.695. The highest BCUT2D eigenvalue weighted by Crippen LogP contribution is 2.24. The summed E-state index contributed by atoms with van der Waals surface area (Å²) >= 11 is 0. The number of ether oxygens (including phenoxy) is 1. The van der Waals surface area contributed by atoms with Gasteiger partial charge in [-0.25, -0.2) is 8.42 Å². The first-order valence-electron chi connectivity index (χ1n) is 5.15. The van der Waals surface area contributed by atoms with Gasteiger partial charge in [-0.1, -0.05) is 0 Å². The van der Waals surface area contributed by atoms with E-state index in [2.05, 4.69) is 5.32 Å². The van der Waals surface area contributed by atoms with Gasteiger partial charge in [-0.15, -0.1) is 0 Å². The Kier molecular flexibility index (Phi) is 2.97. The first-order valence-corrected chi connectivity index (χ1v) is 6.98. The van der Waals surface area contributed by atoms with E-state index in [1.807, 2.05) is 0 Å². The summed E-state index contributed by atoms with van der Waals surface area (Å²) in [4.78, 5) is 10.9. The third-order valence-electron chi connectivity index (χ3n) is 3.05. The minimum Gasteiger partial charge on any atom is -0.366 e. The van der Waals surface area contributed by atoms with Crippen molar-refractivity contribution in [2.24, 2.45) is 5.92 Å². The fourth-order valence-corrected chi connectivity index (χ4v) is 3.62. The Labute approximate surface area is 89.1 Å². The Balaban J connectivity index is 1.88. The Morgan fingerprint density at radius 3 is 2.47 bits per heavy atom. The molecular weight excluding hydrogens is 218 g/mol. The molecule has 0 bridgehead atoms. The molecule has 0 spiro atoms. The molecule has 1 N–H and O–H groups in total. The van der Waals surface area contributed by atoms with Crippen LogP contribution >= 0.6 is 0 Å². The third-order valence-corrected chi connectivity index (χ3v) is 4.77. The minimum atomic E-state index is -2.81. The topological polar surface area (TPSA) is 72.5 Å². The summed E-state index contributed by atoms with van der Waals surface area (Å²) in [5.41, 5.74) is 0. The molecule has 2 aliphatic heterocycles. The van der Waals surface area contributed by atoms with Crippen LogP contribution in [0.4, 0.5) is 0 Å². The number of rotatable bonds is 1. The van der Waals surface area contributed by atoms with Crippen molar-refractivity contribution in [1.29, 1.82) is 0 Å². The maximum atomic E-state index is 11.2. The highest BCUT2D eigenvalue weighted by molar-refractivity contribution is 7.91. The number of nitrogens with one attached hydrogen (secondary N) is 1. The van der Waals surface area contributed by atoms with Crippen LogP contribution in [-0.4, -0.2) is 45.1 Å². The van der Waals surface area contributed by atoms with Gasteiger partial charge in [-0.05, 0) is 18.8 Å². The maximum absolute atomic E-state index is 11.2. The minimum absolute atomic E-state index is 0.00167. The molecule has 0 radical (unpaired) electrons. The van der Waals surface area contributed by atoms with Crippen molar-refractivity contribution in [3.63, 3.8) is 0 Å². The van der Waals surface area contributed by atoms with Crippen LogP contribution in [0.2, 0.25) is 0 Å². The molecule has 0 aliphatic carbocycles. The normalized spacial score (nSPS) is 32.3. The van der Waals surface area contributed by atoms with E-state index in [9.17, 15) is 13.2 Å². The van der Waals surface area contributed by atoms with Crippen LogP contribution in [0.15, 0.2) is 0 Å². The van der Waals surface area contributed by atoms with Gasteiger partial charge in [0, 0.05) is 6.54 Å². The van der Waals surface area contributed by atoms with E-state index in [-0.39, 0.29) is 36.0 Å². The van der Waals surface area contributed by atoms with Crippen molar-refractivity contribution in [1.82, 2.24) is 5.32 Å². The molecule has 2 fully saturated rings. The van der Waals surface area contributed by atoms with Crippen molar-refractivity contribution in [2.75, 3.05) is 24.7 Å². The monoisotopic (exact) mass is 233 g/mol. The van der Waals surface area contributed by atoms with Crippen LogP contribution < -0.4 is 5.32 Å². The van der Waals surface area contributed by atoms with Crippen LogP contribution in [0, 0.1) is 5.92 Å². The van der Waals surface area contributed by atoms with Gasteiger partial charge < -0.3 is 10.1 Å². The fourth-order valence-electron chi connectivity index (χ4n) is 2.09. The number of carbonyl (C=O) groups is 1. The van der Waals surface area contributed by atoms with Gasteiger partial charge in [0.15, 0.2) is 0 Å². The lowest BCUT2D eigenvalue weighted by molar-refractivity contribution is -0.135. The van der Waals surface area contributed by atoms with Crippen molar-refractivity contribution in [3.8, 4) is 0 Å². The number of hydrogen-bond donors (Lipinski definition) is 1. The molecule has 1 atom stereocenters.